The molecule has 1 aromatic rings. The highest BCUT2D eigenvalue weighted by Gasteiger charge is 2.02. The standard InChI is InChI=1S/C11H12O/c1-4-10-6-5-8(2)11(7-10)9(3)12/h4-7H,1H2,2-3H3. The fourth-order valence-electron chi connectivity index (χ4n) is 1.15. The Labute approximate surface area is 72.7 Å². The Kier molecular flexibility index (Phi) is 2.44. The first-order valence-electron chi connectivity index (χ1n) is 3.89. The second-order valence-corrected chi connectivity index (χ2v) is 2.83. The number of aryl methyl sites for hydroxylation is 1. The molecule has 1 nitrogen and oxygen atoms in total. The molecular weight excluding hydrogens is 148 g/mol. The zero-order chi connectivity index (χ0) is 9.14. The molecule has 0 aliphatic heterocycles. The molecule has 0 amide bonds. The lowest BCUT2D eigenvalue weighted by Gasteiger charge is -2.02. The van der Waals surface area contributed by atoms with Gasteiger partial charge in [0.05, 0.1) is 0 Å². The van der Waals surface area contributed by atoms with Crippen molar-refractivity contribution >= 4 is 11.9 Å². The molecule has 0 spiro atoms. The summed E-state index contributed by atoms with van der Waals surface area (Å²) in [6.45, 7) is 7.16. The van der Waals surface area contributed by atoms with Crippen molar-refractivity contribution in [2.45, 2.75) is 13.8 Å². The van der Waals surface area contributed by atoms with E-state index in [2.05, 4.69) is 6.58 Å². The van der Waals surface area contributed by atoms with Crippen molar-refractivity contribution in [1.82, 2.24) is 0 Å². The number of carbonyl (C=O) groups is 1. The van der Waals surface area contributed by atoms with Crippen LogP contribution in [0.25, 0.3) is 6.08 Å². The van der Waals surface area contributed by atoms with Crippen LogP contribution in [0.5, 0.6) is 0 Å². The minimum absolute atomic E-state index is 0.108. The molecule has 0 aliphatic rings. The first-order valence-corrected chi connectivity index (χ1v) is 3.89. The highest BCUT2D eigenvalue weighted by Crippen LogP contribution is 2.12. The molecule has 0 saturated carbocycles. The Morgan fingerprint density at radius 1 is 1.50 bits per heavy atom. The summed E-state index contributed by atoms with van der Waals surface area (Å²) in [5, 5.41) is 0. The zero-order valence-corrected chi connectivity index (χ0v) is 7.42. The van der Waals surface area contributed by atoms with Crippen LogP contribution in [0.2, 0.25) is 0 Å². The summed E-state index contributed by atoms with van der Waals surface area (Å²) in [6, 6.07) is 5.76. The Balaban J connectivity index is 3.25. The lowest BCUT2D eigenvalue weighted by Crippen LogP contribution is -1.95. The topological polar surface area (TPSA) is 17.1 Å². The van der Waals surface area contributed by atoms with Gasteiger partial charge >= 0.3 is 0 Å². The van der Waals surface area contributed by atoms with Gasteiger partial charge in [-0.3, -0.25) is 4.79 Å². The second kappa shape index (κ2) is 3.35. The van der Waals surface area contributed by atoms with Crippen LogP contribution < -0.4 is 0 Å². The highest BCUT2D eigenvalue weighted by atomic mass is 16.1. The molecule has 0 heterocycles. The van der Waals surface area contributed by atoms with Gasteiger partial charge in [0.2, 0.25) is 0 Å². The van der Waals surface area contributed by atoms with Crippen LogP contribution in [0, 0.1) is 6.92 Å². The highest BCUT2D eigenvalue weighted by molar-refractivity contribution is 5.96. The van der Waals surface area contributed by atoms with Gasteiger partial charge in [-0.05, 0) is 31.0 Å². The van der Waals surface area contributed by atoms with Crippen molar-refractivity contribution in [3.05, 3.63) is 41.5 Å². The molecule has 62 valence electrons. The van der Waals surface area contributed by atoms with Crippen molar-refractivity contribution < 1.29 is 4.79 Å². The van der Waals surface area contributed by atoms with Crippen LogP contribution in [0.4, 0.5) is 0 Å². The van der Waals surface area contributed by atoms with Gasteiger partial charge in [0, 0.05) is 5.56 Å². The molecule has 1 aromatic carbocycles. The lowest BCUT2D eigenvalue weighted by molar-refractivity contribution is 0.101. The van der Waals surface area contributed by atoms with Gasteiger partial charge in [-0.15, -0.1) is 0 Å². The van der Waals surface area contributed by atoms with E-state index in [0.29, 0.717) is 0 Å². The van der Waals surface area contributed by atoms with E-state index < -0.39 is 0 Å². The van der Waals surface area contributed by atoms with Gasteiger partial charge in [0.1, 0.15) is 0 Å². The van der Waals surface area contributed by atoms with Crippen LogP contribution in [0.1, 0.15) is 28.4 Å². The molecule has 0 aliphatic carbocycles. The van der Waals surface area contributed by atoms with Gasteiger partial charge < -0.3 is 0 Å². The van der Waals surface area contributed by atoms with Gasteiger partial charge in [0.25, 0.3) is 0 Å². The van der Waals surface area contributed by atoms with Gasteiger partial charge in [0.15, 0.2) is 5.78 Å². The number of hydrogen-bond acceptors (Lipinski definition) is 1. The summed E-state index contributed by atoms with van der Waals surface area (Å²) >= 11 is 0. The van der Waals surface area contributed by atoms with Crippen LogP contribution in [-0.4, -0.2) is 5.78 Å². The fourth-order valence-corrected chi connectivity index (χ4v) is 1.15. The van der Waals surface area contributed by atoms with Crippen molar-refractivity contribution in [3.8, 4) is 0 Å². The van der Waals surface area contributed by atoms with Crippen molar-refractivity contribution in [3.63, 3.8) is 0 Å². The van der Waals surface area contributed by atoms with E-state index in [1.54, 1.807) is 13.0 Å². The molecule has 0 atom stereocenters. The maximum atomic E-state index is 11.1. The predicted octanol–water partition coefficient (Wildman–Crippen LogP) is 2.84. The maximum absolute atomic E-state index is 11.1. The molecule has 0 unspecified atom stereocenters. The fraction of sp³-hybridized carbons (Fsp3) is 0.182. The monoisotopic (exact) mass is 160 g/mol. The van der Waals surface area contributed by atoms with E-state index in [9.17, 15) is 4.79 Å². The number of hydrogen-bond donors (Lipinski definition) is 0. The molecule has 0 N–H and O–H groups in total. The average molecular weight is 160 g/mol. The van der Waals surface area contributed by atoms with Crippen LogP contribution in [0.3, 0.4) is 0 Å². The molecule has 0 bridgehead atoms. The molecule has 0 fully saturated rings. The normalized spacial score (nSPS) is 9.50. The molecule has 0 saturated heterocycles. The van der Waals surface area contributed by atoms with Gasteiger partial charge in [-0.2, -0.15) is 0 Å². The third-order valence-electron chi connectivity index (χ3n) is 1.88. The summed E-state index contributed by atoms with van der Waals surface area (Å²) in [7, 11) is 0. The summed E-state index contributed by atoms with van der Waals surface area (Å²) in [4.78, 5) is 11.1. The molecule has 1 heteroatoms. The third kappa shape index (κ3) is 1.62. The first-order chi connectivity index (χ1) is 5.65. The van der Waals surface area contributed by atoms with E-state index in [0.717, 1.165) is 16.7 Å². The number of ketones is 1. The van der Waals surface area contributed by atoms with Crippen LogP contribution in [-0.2, 0) is 0 Å². The average Bonchev–Trinajstić information content (AvgIpc) is 2.05. The van der Waals surface area contributed by atoms with Crippen molar-refractivity contribution in [2.24, 2.45) is 0 Å². The smallest absolute Gasteiger partial charge is 0.160 e. The lowest BCUT2D eigenvalue weighted by atomic mass is 10.0. The van der Waals surface area contributed by atoms with E-state index >= 15 is 0 Å². The van der Waals surface area contributed by atoms with E-state index in [1.165, 1.54) is 0 Å². The number of carbonyl (C=O) groups excluding carboxylic acids is 1. The minimum Gasteiger partial charge on any atom is -0.295 e. The summed E-state index contributed by atoms with van der Waals surface area (Å²) in [5.74, 6) is 0.108. The molecule has 0 radical (unpaired) electrons. The van der Waals surface area contributed by atoms with Crippen molar-refractivity contribution in [1.29, 1.82) is 0 Å². The van der Waals surface area contributed by atoms with E-state index in [1.807, 2.05) is 25.1 Å². The minimum atomic E-state index is 0.108. The number of Topliss-reactive ketones (excluding diaryl/α,β-unsaturated/α-hetero) is 1. The van der Waals surface area contributed by atoms with Gasteiger partial charge in [-0.1, -0.05) is 24.8 Å². The quantitative estimate of drug-likeness (QED) is 0.608. The van der Waals surface area contributed by atoms with Crippen LogP contribution in [0.15, 0.2) is 24.8 Å². The Bertz CT molecular complexity index is 324. The number of benzene rings is 1. The molecule has 12 heavy (non-hydrogen) atoms. The first kappa shape index (κ1) is 8.72. The summed E-state index contributed by atoms with van der Waals surface area (Å²) < 4.78 is 0. The summed E-state index contributed by atoms with van der Waals surface area (Å²) in [6.07, 6.45) is 1.74. The zero-order valence-electron chi connectivity index (χ0n) is 7.42. The largest absolute Gasteiger partial charge is 0.295 e. The van der Waals surface area contributed by atoms with Crippen molar-refractivity contribution in [2.75, 3.05) is 0 Å². The Morgan fingerprint density at radius 3 is 2.67 bits per heavy atom. The summed E-state index contributed by atoms with van der Waals surface area (Å²) in [5.41, 5.74) is 2.80. The third-order valence-corrected chi connectivity index (χ3v) is 1.88. The molecule has 0 aromatic heterocycles. The maximum Gasteiger partial charge on any atom is 0.160 e. The van der Waals surface area contributed by atoms with Gasteiger partial charge in [-0.25, -0.2) is 0 Å². The van der Waals surface area contributed by atoms with Crippen LogP contribution >= 0.6 is 0 Å². The predicted molar refractivity (Wildman–Crippen MR) is 51.3 cm³/mol. The molecular formula is C11H12O. The Hall–Kier alpha value is -1.37. The van der Waals surface area contributed by atoms with E-state index in [4.69, 9.17) is 0 Å². The van der Waals surface area contributed by atoms with E-state index in [-0.39, 0.29) is 5.78 Å². The number of rotatable bonds is 2. The SMILES string of the molecule is C=Cc1ccc(C)c(C(C)=O)c1. The molecule has 1 rings (SSSR count). The second-order valence-electron chi connectivity index (χ2n) is 2.83. The Morgan fingerprint density at radius 2 is 2.17 bits per heavy atom.